The van der Waals surface area contributed by atoms with Crippen LogP contribution >= 0.6 is 0 Å². The lowest BCUT2D eigenvalue weighted by Gasteiger charge is -2.21. The molecule has 4 N–H and O–H groups in total. The zero-order valence-corrected chi connectivity index (χ0v) is 44.8. The van der Waals surface area contributed by atoms with E-state index in [-0.39, 0.29) is 36.5 Å². The molecule has 2 amide bonds. The number of anilines is 2. The monoisotopic (exact) mass is 1030 g/mol. The normalized spacial score (nSPS) is 24.1. The fourth-order valence-electron chi connectivity index (χ4n) is 12.0. The Labute approximate surface area is 432 Å². The number of hydrogen-bond acceptors (Lipinski definition) is 12. The van der Waals surface area contributed by atoms with E-state index in [0.29, 0.717) is 67.1 Å². The van der Waals surface area contributed by atoms with Crippen LogP contribution in [0.3, 0.4) is 0 Å². The third kappa shape index (κ3) is 10.2. The summed E-state index contributed by atoms with van der Waals surface area (Å²) < 4.78 is 24.3. The maximum absolute atomic E-state index is 13.2. The number of aryl methyl sites for hydroxylation is 3. The minimum absolute atomic E-state index is 0.0587. The fraction of sp³-hybridized carbons (Fsp3) is 0.556. The number of nitrogens with zero attached hydrogens (tertiary/aromatic N) is 11. The van der Waals surface area contributed by atoms with Crippen molar-refractivity contribution in [1.82, 2.24) is 60.1 Å². The molecule has 4 aliphatic carbocycles. The summed E-state index contributed by atoms with van der Waals surface area (Å²) >= 11 is 0. The first-order chi connectivity index (χ1) is 35.6. The minimum Gasteiger partial charge on any atom is -0.396 e. The van der Waals surface area contributed by atoms with Crippen molar-refractivity contribution in [3.63, 3.8) is 0 Å². The van der Waals surface area contributed by atoms with Crippen molar-refractivity contribution >= 4 is 31.5 Å². The molecule has 0 spiro atoms. The zero-order valence-electron chi connectivity index (χ0n) is 43.8. The molecule has 2 saturated carbocycles. The molecule has 2 saturated heterocycles. The van der Waals surface area contributed by atoms with Crippen molar-refractivity contribution in [1.29, 1.82) is 0 Å². The molecule has 74 heavy (non-hydrogen) atoms. The first kappa shape index (κ1) is 49.9. The number of aliphatic hydroxyl groups is 1. The van der Waals surface area contributed by atoms with Gasteiger partial charge in [0.2, 0.25) is 0 Å². The Hall–Kier alpha value is -6.25. The first-order valence-corrected chi connectivity index (χ1v) is 30.3. The van der Waals surface area contributed by atoms with Crippen LogP contribution in [0.4, 0.5) is 16.0 Å². The number of alkyl halides is 1. The molecule has 392 valence electrons. The molecule has 0 radical (unpaired) electrons. The number of halogens is 1. The average Bonchev–Trinajstić information content (AvgIpc) is 4.09. The molecule has 6 aliphatic rings. The quantitative estimate of drug-likeness (QED) is 0.0590. The van der Waals surface area contributed by atoms with Crippen LogP contribution in [0.1, 0.15) is 102 Å². The lowest BCUT2D eigenvalue weighted by molar-refractivity contribution is 0.0764. The number of pyridine rings is 2. The highest BCUT2D eigenvalue weighted by atomic mass is 28.3. The number of piperidine rings is 2. The Morgan fingerprint density at radius 1 is 0.757 bits per heavy atom. The first-order valence-electron chi connectivity index (χ1n) is 26.6. The van der Waals surface area contributed by atoms with E-state index in [4.69, 9.17) is 19.8 Å². The van der Waals surface area contributed by atoms with Crippen molar-refractivity contribution < 1.29 is 23.8 Å². The highest BCUT2D eigenvalue weighted by Crippen LogP contribution is 2.53. The lowest BCUT2D eigenvalue weighted by Crippen LogP contribution is -2.27. The van der Waals surface area contributed by atoms with E-state index < -0.39 is 8.07 Å². The smallest absolute Gasteiger partial charge is 0.255 e. The lowest BCUT2D eigenvalue weighted by atomic mass is 10.2. The second-order valence-electron chi connectivity index (χ2n) is 22.9. The number of aliphatic hydroxyl groups excluding tert-OH is 1. The van der Waals surface area contributed by atoms with E-state index >= 15 is 0 Å². The molecule has 2 unspecified atom stereocenters. The van der Waals surface area contributed by atoms with Gasteiger partial charge in [-0.15, -0.1) is 0 Å². The number of aromatic amines is 1. The van der Waals surface area contributed by atoms with E-state index in [2.05, 4.69) is 85.6 Å². The zero-order chi connectivity index (χ0) is 51.6. The van der Waals surface area contributed by atoms with Crippen LogP contribution in [0.5, 0.6) is 0 Å². The highest BCUT2D eigenvalue weighted by Gasteiger charge is 2.56. The number of amides is 2. The Balaban J connectivity index is 0.000000162. The maximum atomic E-state index is 13.2. The van der Waals surface area contributed by atoms with Gasteiger partial charge in [0, 0.05) is 82.6 Å². The van der Waals surface area contributed by atoms with Gasteiger partial charge in [0.05, 0.1) is 66.8 Å². The number of nitrogens with one attached hydrogen (secondary N) is 3. The van der Waals surface area contributed by atoms with Crippen LogP contribution in [0, 0.1) is 63.2 Å². The number of fused-ring (bicyclic) bond motifs is 4. The molecular weight excluding hydrogens is 956 g/mol. The predicted molar refractivity (Wildman–Crippen MR) is 280 cm³/mol. The number of H-pyrrole nitrogens is 1. The molecule has 4 fully saturated rings. The van der Waals surface area contributed by atoms with Crippen LogP contribution in [0.25, 0.3) is 0 Å². The number of rotatable bonds is 17. The third-order valence-electron chi connectivity index (χ3n) is 16.9. The summed E-state index contributed by atoms with van der Waals surface area (Å²) in [5, 5.41) is 36.7. The van der Waals surface area contributed by atoms with Crippen LogP contribution in [-0.4, -0.2) is 121 Å². The molecular formula is C54H71FN14O4Si. The van der Waals surface area contributed by atoms with Gasteiger partial charge in [-0.1, -0.05) is 31.8 Å². The summed E-state index contributed by atoms with van der Waals surface area (Å²) in [6, 6.07) is 9.28. The van der Waals surface area contributed by atoms with Gasteiger partial charge in [0.1, 0.15) is 18.4 Å². The number of carbonyl (C=O) groups excluding carboxylic acids is 2. The van der Waals surface area contributed by atoms with Gasteiger partial charge in [0.15, 0.2) is 0 Å². The molecule has 8 heterocycles. The van der Waals surface area contributed by atoms with Crippen molar-refractivity contribution in [2.45, 2.75) is 111 Å². The molecule has 0 aromatic carbocycles. The summed E-state index contributed by atoms with van der Waals surface area (Å²) in [5.74, 6) is 4.68. The maximum Gasteiger partial charge on any atom is 0.255 e. The van der Waals surface area contributed by atoms with Gasteiger partial charge in [-0.05, 0) is 129 Å². The molecule has 0 bridgehead atoms. The van der Waals surface area contributed by atoms with Gasteiger partial charge in [0.25, 0.3) is 11.8 Å². The van der Waals surface area contributed by atoms with Crippen molar-refractivity contribution in [2.75, 3.05) is 55.9 Å². The molecule has 18 nitrogen and oxygen atoms in total. The SMILES string of the molecule is Cc1nc(N2C[C@@H]3C(CF)[C@@H]3C2)ccc1Cn1cc(C(=O)N[C@@H]2CCc3c2n[nH]c3C)cn1.Cc1nc(N2C[C@@H]3C(CO)[C@@H]3C2)ccc1Cn1cc(C(=O)N[C@@H]2CCc3c2nn(COCC[Si](C)(C)C)c3C)cn1. The van der Waals surface area contributed by atoms with Gasteiger partial charge in [-0.3, -0.25) is 28.4 Å². The summed E-state index contributed by atoms with van der Waals surface area (Å²) in [5.41, 5.74) is 11.7. The van der Waals surface area contributed by atoms with E-state index in [1.54, 1.807) is 34.2 Å². The molecule has 12 rings (SSSR count). The van der Waals surface area contributed by atoms with Gasteiger partial charge >= 0.3 is 0 Å². The van der Waals surface area contributed by atoms with Crippen molar-refractivity contribution in [2.24, 2.45) is 35.5 Å². The van der Waals surface area contributed by atoms with Crippen molar-refractivity contribution in [3.8, 4) is 0 Å². The number of aromatic nitrogens is 10. The summed E-state index contributed by atoms with van der Waals surface area (Å²) in [7, 11) is -1.13. The van der Waals surface area contributed by atoms with Gasteiger partial charge in [-0.25, -0.2) is 14.6 Å². The van der Waals surface area contributed by atoms with E-state index in [9.17, 15) is 19.1 Å². The Bertz CT molecular complexity index is 3020. The summed E-state index contributed by atoms with van der Waals surface area (Å²) in [4.78, 5) is 40.2. The summed E-state index contributed by atoms with van der Waals surface area (Å²) in [6.07, 6.45) is 10.4. The standard InChI is InChI=1S/C30H43N7O3Si.C24H28FN7O/c1-19-21(6-9-28(32-19)35-15-24-25(16-35)26(24)17-38)13-36-14-22(12-31-36)30(39)33-27-8-7-23-20(2)37(34-29(23)27)18-40-10-11-41(3,4)5;1-13-15(3-6-22(27-13)31-11-19-18(7-25)20(19)12-31)9-32-10-16(8-26-32)24(33)28-21-5-4-17-14(2)29-30-23(17)21/h6,9,12,14,24-27,38H,7-8,10-11,13,15-18H2,1-5H3,(H,33,39);3,6,8,10,18-21H,4-5,7,9,11-12H2,1-2H3,(H,28,33)(H,29,30)/t24-,25+,26?,27-;18?,19-,20+,21-/m11/s1. The topological polar surface area (TPSA) is 202 Å². The van der Waals surface area contributed by atoms with Crippen molar-refractivity contribution in [3.05, 3.63) is 117 Å². The van der Waals surface area contributed by atoms with Crippen LogP contribution < -0.4 is 20.4 Å². The Morgan fingerprint density at radius 3 is 1.80 bits per heavy atom. The Morgan fingerprint density at radius 2 is 1.28 bits per heavy atom. The van der Waals surface area contributed by atoms with E-state index in [1.165, 1.54) is 11.1 Å². The second-order valence-corrected chi connectivity index (χ2v) is 28.6. The highest BCUT2D eigenvalue weighted by molar-refractivity contribution is 6.76. The molecule has 8 atom stereocenters. The minimum atomic E-state index is -1.13. The van der Waals surface area contributed by atoms with Crippen LogP contribution in [0.2, 0.25) is 25.7 Å². The number of hydrogen-bond donors (Lipinski definition) is 4. The number of ether oxygens (including phenoxy) is 1. The fourth-order valence-corrected chi connectivity index (χ4v) is 12.8. The van der Waals surface area contributed by atoms with Crippen LogP contribution in [-0.2, 0) is 37.4 Å². The number of carbonyl (C=O) groups is 2. The van der Waals surface area contributed by atoms with Crippen LogP contribution in [0.15, 0.2) is 49.1 Å². The van der Waals surface area contributed by atoms with E-state index in [0.717, 1.165) is 121 Å². The average molecular weight is 1030 g/mol. The molecule has 20 heteroatoms. The van der Waals surface area contributed by atoms with Gasteiger partial charge < -0.3 is 30.3 Å². The molecule has 6 aromatic heterocycles. The molecule has 2 aliphatic heterocycles. The second kappa shape index (κ2) is 20.1. The summed E-state index contributed by atoms with van der Waals surface area (Å²) in [6.45, 7) is 21.4. The third-order valence-corrected chi connectivity index (χ3v) is 18.6. The largest absolute Gasteiger partial charge is 0.396 e. The predicted octanol–water partition coefficient (Wildman–Crippen LogP) is 6.28. The Kier molecular flexibility index (Phi) is 13.6. The van der Waals surface area contributed by atoms with Gasteiger partial charge in [-0.2, -0.15) is 20.4 Å². The van der Waals surface area contributed by atoms with E-state index in [1.807, 2.05) is 31.5 Å². The molecule has 6 aromatic rings.